The number of rotatable bonds is 3. The lowest BCUT2D eigenvalue weighted by Crippen LogP contribution is -2.45. The van der Waals surface area contributed by atoms with E-state index in [0.717, 1.165) is 30.0 Å². The Bertz CT molecular complexity index is 656. The highest BCUT2D eigenvalue weighted by Crippen LogP contribution is 2.20. The fraction of sp³-hybridized carbons (Fsp3) is 0.375. The van der Waals surface area contributed by atoms with E-state index in [1.165, 1.54) is 23.5 Å². The van der Waals surface area contributed by atoms with Crippen LogP contribution in [0.25, 0.3) is 0 Å². The number of amides is 1. The van der Waals surface area contributed by atoms with Gasteiger partial charge in [-0.3, -0.25) is 4.79 Å². The summed E-state index contributed by atoms with van der Waals surface area (Å²) in [6.45, 7) is 1.38. The molecule has 4 nitrogen and oxygen atoms in total. The van der Waals surface area contributed by atoms with Gasteiger partial charge in [0.05, 0.1) is 11.2 Å². The number of carbonyl (C=O) groups excluding carboxylic acids is 1. The average molecular weight is 319 g/mol. The molecule has 6 heteroatoms. The maximum absolute atomic E-state index is 12.9. The molecule has 22 heavy (non-hydrogen) atoms. The van der Waals surface area contributed by atoms with Crippen LogP contribution >= 0.6 is 11.3 Å². The first-order chi connectivity index (χ1) is 10.6. The van der Waals surface area contributed by atoms with Gasteiger partial charge in [0.2, 0.25) is 0 Å². The second-order valence-corrected chi connectivity index (χ2v) is 6.69. The molecule has 116 valence electrons. The van der Waals surface area contributed by atoms with Crippen LogP contribution in [0.4, 0.5) is 4.39 Å². The lowest BCUT2D eigenvalue weighted by Gasteiger charge is -2.30. The van der Waals surface area contributed by atoms with Crippen LogP contribution in [0, 0.1) is 5.82 Å². The molecule has 1 amide bonds. The second kappa shape index (κ2) is 6.54. The Labute approximate surface area is 132 Å². The number of nitrogens with two attached hydrogens (primary N) is 1. The third-order valence-electron chi connectivity index (χ3n) is 3.78. The molecule has 0 unspecified atom stereocenters. The molecule has 1 fully saturated rings. The standard InChI is InChI=1S/C16H18FN3OS/c17-12-5-3-11(4-6-12)8-15-19-9-14(22-15)16(21)20-7-1-2-13(18)10-20/h3-6,9,13H,1-2,7-8,10,18H2/t13-/m1/s1. The van der Waals surface area contributed by atoms with Crippen LogP contribution < -0.4 is 5.73 Å². The quantitative estimate of drug-likeness (QED) is 0.945. The fourth-order valence-electron chi connectivity index (χ4n) is 2.62. The van der Waals surface area contributed by atoms with Crippen molar-refractivity contribution in [1.29, 1.82) is 0 Å². The van der Waals surface area contributed by atoms with Gasteiger partial charge in [-0.2, -0.15) is 0 Å². The van der Waals surface area contributed by atoms with Gasteiger partial charge in [0.1, 0.15) is 10.7 Å². The van der Waals surface area contributed by atoms with E-state index in [1.54, 1.807) is 18.3 Å². The van der Waals surface area contributed by atoms with Gasteiger partial charge in [0, 0.05) is 25.6 Å². The predicted molar refractivity (Wildman–Crippen MR) is 84.4 cm³/mol. The van der Waals surface area contributed by atoms with Crippen LogP contribution in [0.3, 0.4) is 0 Å². The molecule has 0 saturated carbocycles. The average Bonchev–Trinajstić information content (AvgIpc) is 2.97. The fourth-order valence-corrected chi connectivity index (χ4v) is 3.54. The molecular weight excluding hydrogens is 301 g/mol. The van der Waals surface area contributed by atoms with Crippen molar-refractivity contribution < 1.29 is 9.18 Å². The minimum absolute atomic E-state index is 0.0120. The number of halogens is 1. The van der Waals surface area contributed by atoms with Crippen molar-refractivity contribution in [2.24, 2.45) is 5.73 Å². The first-order valence-electron chi connectivity index (χ1n) is 7.36. The first kappa shape index (κ1) is 15.1. The van der Waals surface area contributed by atoms with E-state index in [2.05, 4.69) is 4.98 Å². The van der Waals surface area contributed by atoms with Gasteiger partial charge in [-0.25, -0.2) is 9.37 Å². The lowest BCUT2D eigenvalue weighted by molar-refractivity contribution is 0.0713. The predicted octanol–water partition coefficient (Wildman–Crippen LogP) is 2.44. The summed E-state index contributed by atoms with van der Waals surface area (Å²) < 4.78 is 12.9. The van der Waals surface area contributed by atoms with Gasteiger partial charge < -0.3 is 10.6 Å². The van der Waals surface area contributed by atoms with Crippen molar-refractivity contribution in [2.75, 3.05) is 13.1 Å². The summed E-state index contributed by atoms with van der Waals surface area (Å²) in [4.78, 5) is 19.2. The Kier molecular flexibility index (Phi) is 4.49. The van der Waals surface area contributed by atoms with Crippen molar-refractivity contribution in [2.45, 2.75) is 25.3 Å². The van der Waals surface area contributed by atoms with E-state index in [0.29, 0.717) is 17.8 Å². The summed E-state index contributed by atoms with van der Waals surface area (Å²) in [6.07, 6.45) is 4.17. The normalized spacial score (nSPS) is 18.5. The summed E-state index contributed by atoms with van der Waals surface area (Å²) in [5.74, 6) is -0.238. The Hall–Kier alpha value is -1.79. The van der Waals surface area contributed by atoms with Crippen LogP contribution in [-0.4, -0.2) is 34.9 Å². The molecule has 1 atom stereocenters. The first-order valence-corrected chi connectivity index (χ1v) is 8.17. The number of piperidine rings is 1. The molecule has 0 radical (unpaired) electrons. The maximum Gasteiger partial charge on any atom is 0.265 e. The molecule has 0 aliphatic carbocycles. The highest BCUT2D eigenvalue weighted by molar-refractivity contribution is 7.13. The molecule has 0 spiro atoms. The summed E-state index contributed by atoms with van der Waals surface area (Å²) >= 11 is 1.40. The number of carbonyl (C=O) groups is 1. The molecule has 1 saturated heterocycles. The monoisotopic (exact) mass is 319 g/mol. The lowest BCUT2D eigenvalue weighted by atomic mass is 10.1. The van der Waals surface area contributed by atoms with Crippen molar-refractivity contribution in [3.8, 4) is 0 Å². The Morgan fingerprint density at radius 3 is 2.91 bits per heavy atom. The largest absolute Gasteiger partial charge is 0.336 e. The summed E-state index contributed by atoms with van der Waals surface area (Å²) in [5, 5.41) is 0.858. The van der Waals surface area contributed by atoms with Crippen LogP contribution in [0.1, 0.15) is 33.1 Å². The number of aromatic nitrogens is 1. The Morgan fingerprint density at radius 2 is 2.18 bits per heavy atom. The van der Waals surface area contributed by atoms with E-state index >= 15 is 0 Å². The third-order valence-corrected chi connectivity index (χ3v) is 4.76. The van der Waals surface area contributed by atoms with Gasteiger partial charge in [-0.1, -0.05) is 12.1 Å². The Balaban J connectivity index is 1.67. The molecule has 1 aromatic heterocycles. The molecule has 1 aromatic carbocycles. The SMILES string of the molecule is N[C@@H]1CCCN(C(=O)c2cnc(Cc3ccc(F)cc3)s2)C1. The van der Waals surface area contributed by atoms with Crippen molar-refractivity contribution >= 4 is 17.2 Å². The topological polar surface area (TPSA) is 59.2 Å². The smallest absolute Gasteiger partial charge is 0.265 e. The summed E-state index contributed by atoms with van der Waals surface area (Å²) in [7, 11) is 0. The van der Waals surface area contributed by atoms with Crippen molar-refractivity contribution in [1.82, 2.24) is 9.88 Å². The Morgan fingerprint density at radius 1 is 1.41 bits per heavy atom. The van der Waals surface area contributed by atoms with Crippen LogP contribution in [-0.2, 0) is 6.42 Å². The van der Waals surface area contributed by atoms with E-state index in [1.807, 2.05) is 4.90 Å². The molecule has 1 aliphatic rings. The number of thiazole rings is 1. The number of nitrogens with zero attached hydrogens (tertiary/aromatic N) is 2. The molecule has 2 heterocycles. The van der Waals surface area contributed by atoms with Crippen molar-refractivity contribution in [3.63, 3.8) is 0 Å². The van der Waals surface area contributed by atoms with Gasteiger partial charge in [-0.15, -0.1) is 11.3 Å². The number of hydrogen-bond donors (Lipinski definition) is 1. The number of likely N-dealkylation sites (tertiary alicyclic amines) is 1. The zero-order chi connectivity index (χ0) is 15.5. The number of benzene rings is 1. The van der Waals surface area contributed by atoms with Crippen LogP contribution in [0.2, 0.25) is 0 Å². The van der Waals surface area contributed by atoms with Gasteiger partial charge in [0.15, 0.2) is 0 Å². The van der Waals surface area contributed by atoms with Crippen molar-refractivity contribution in [3.05, 3.63) is 51.7 Å². The van der Waals surface area contributed by atoms with E-state index in [4.69, 9.17) is 5.73 Å². The minimum atomic E-state index is -0.250. The molecule has 0 bridgehead atoms. The van der Waals surface area contributed by atoms with Crippen LogP contribution in [0.15, 0.2) is 30.5 Å². The molecular formula is C16H18FN3OS. The van der Waals surface area contributed by atoms with Gasteiger partial charge >= 0.3 is 0 Å². The maximum atomic E-state index is 12.9. The summed E-state index contributed by atoms with van der Waals surface area (Å²) in [6, 6.07) is 6.42. The minimum Gasteiger partial charge on any atom is -0.336 e. The van der Waals surface area contributed by atoms with Gasteiger partial charge in [0.25, 0.3) is 5.91 Å². The molecule has 2 aromatic rings. The third kappa shape index (κ3) is 3.51. The van der Waals surface area contributed by atoms with E-state index in [9.17, 15) is 9.18 Å². The highest BCUT2D eigenvalue weighted by Gasteiger charge is 2.23. The van der Waals surface area contributed by atoms with E-state index < -0.39 is 0 Å². The van der Waals surface area contributed by atoms with E-state index in [-0.39, 0.29) is 17.8 Å². The molecule has 1 aliphatic heterocycles. The second-order valence-electron chi connectivity index (χ2n) is 5.57. The molecule has 3 rings (SSSR count). The van der Waals surface area contributed by atoms with Crippen LogP contribution in [0.5, 0.6) is 0 Å². The summed E-state index contributed by atoms with van der Waals surface area (Å²) in [5.41, 5.74) is 6.91. The molecule has 2 N–H and O–H groups in total. The zero-order valence-corrected chi connectivity index (χ0v) is 13.0. The highest BCUT2D eigenvalue weighted by atomic mass is 32.1. The zero-order valence-electron chi connectivity index (χ0n) is 12.2. The number of hydrogen-bond acceptors (Lipinski definition) is 4. The van der Waals surface area contributed by atoms with Gasteiger partial charge in [-0.05, 0) is 30.5 Å².